The van der Waals surface area contributed by atoms with Crippen molar-refractivity contribution in [2.45, 2.75) is 11.4 Å². The molecule has 0 unspecified atom stereocenters. The lowest BCUT2D eigenvalue weighted by atomic mass is 10.2. The predicted molar refractivity (Wildman–Crippen MR) is 62.8 cm³/mol. The van der Waals surface area contributed by atoms with Gasteiger partial charge in [0.1, 0.15) is 0 Å². The molecule has 0 aromatic heterocycles. The van der Waals surface area contributed by atoms with E-state index in [1.807, 2.05) is 29.6 Å². The lowest BCUT2D eigenvalue weighted by molar-refractivity contribution is -0.117. The summed E-state index contributed by atoms with van der Waals surface area (Å²) >= 11 is 1.33. The molecule has 0 bridgehead atoms. The van der Waals surface area contributed by atoms with Gasteiger partial charge in [-0.1, -0.05) is 12.1 Å². The number of carbonyl (C=O) groups excluding carboxylic acids is 2. The van der Waals surface area contributed by atoms with Crippen LogP contribution in [-0.4, -0.2) is 17.7 Å². The lowest BCUT2D eigenvalue weighted by Gasteiger charge is -2.02. The summed E-state index contributed by atoms with van der Waals surface area (Å²) in [4.78, 5) is 22.4. The first-order chi connectivity index (χ1) is 7.61. The Labute approximate surface area is 97.6 Å². The van der Waals surface area contributed by atoms with Crippen LogP contribution in [0.25, 0.3) is 0 Å². The van der Waals surface area contributed by atoms with Crippen LogP contribution in [0.4, 0.5) is 4.79 Å². The first-order valence-corrected chi connectivity index (χ1v) is 5.61. The van der Waals surface area contributed by atoms with Crippen molar-refractivity contribution in [1.82, 2.24) is 5.32 Å². The average Bonchev–Trinajstić information content (AvgIpc) is 2.26. The molecule has 0 radical (unpaired) electrons. The number of nitrogens with two attached hydrogens (primary N) is 2. The first-order valence-electron chi connectivity index (χ1n) is 4.63. The van der Waals surface area contributed by atoms with Gasteiger partial charge in [0.15, 0.2) is 0 Å². The Morgan fingerprint density at radius 1 is 1.25 bits per heavy atom. The molecule has 0 atom stereocenters. The number of amides is 3. The molecule has 5 nitrogen and oxygen atoms in total. The summed E-state index contributed by atoms with van der Waals surface area (Å²) in [7, 11) is 0. The molecule has 1 aromatic rings. The van der Waals surface area contributed by atoms with Crippen molar-refractivity contribution in [3.8, 4) is 0 Å². The molecular weight excluding hydrogens is 226 g/mol. The van der Waals surface area contributed by atoms with Gasteiger partial charge in [-0.2, -0.15) is 0 Å². The Hall–Kier alpha value is -1.53. The number of hydrogen-bond donors (Lipinski definition) is 3. The minimum Gasteiger partial charge on any atom is -0.351 e. The maximum Gasteiger partial charge on any atom is 0.318 e. The molecule has 0 aliphatic heterocycles. The number of benzene rings is 1. The summed E-state index contributed by atoms with van der Waals surface area (Å²) in [6, 6.07) is 6.72. The van der Waals surface area contributed by atoms with Crippen LogP contribution >= 0.6 is 11.8 Å². The Morgan fingerprint density at radius 2 is 1.88 bits per heavy atom. The second-order valence-corrected chi connectivity index (χ2v) is 4.10. The van der Waals surface area contributed by atoms with E-state index in [4.69, 9.17) is 11.5 Å². The molecule has 0 heterocycles. The minimum absolute atomic E-state index is 0.158. The zero-order valence-corrected chi connectivity index (χ0v) is 9.42. The molecule has 86 valence electrons. The van der Waals surface area contributed by atoms with E-state index in [1.54, 1.807) is 0 Å². The van der Waals surface area contributed by atoms with Gasteiger partial charge in [0.2, 0.25) is 5.91 Å². The molecule has 0 saturated heterocycles. The monoisotopic (exact) mass is 239 g/mol. The minimum atomic E-state index is -0.830. The van der Waals surface area contributed by atoms with Crippen molar-refractivity contribution in [3.05, 3.63) is 29.8 Å². The highest BCUT2D eigenvalue weighted by molar-refractivity contribution is 8.00. The Morgan fingerprint density at radius 3 is 2.38 bits per heavy atom. The van der Waals surface area contributed by atoms with Crippen molar-refractivity contribution in [3.63, 3.8) is 0 Å². The number of thioether (sulfide) groups is 1. The molecule has 0 spiro atoms. The molecule has 6 heteroatoms. The summed E-state index contributed by atoms with van der Waals surface area (Å²) in [5, 5.41) is 1.99. The van der Waals surface area contributed by atoms with Crippen molar-refractivity contribution < 1.29 is 9.59 Å². The van der Waals surface area contributed by atoms with Crippen molar-refractivity contribution in [2.75, 3.05) is 5.75 Å². The normalized spacial score (nSPS) is 9.81. The highest BCUT2D eigenvalue weighted by Crippen LogP contribution is 2.17. The highest BCUT2D eigenvalue weighted by Gasteiger charge is 2.04. The van der Waals surface area contributed by atoms with E-state index in [0.717, 1.165) is 10.5 Å². The van der Waals surface area contributed by atoms with Crippen molar-refractivity contribution in [2.24, 2.45) is 11.5 Å². The van der Waals surface area contributed by atoms with E-state index in [2.05, 4.69) is 0 Å². The van der Waals surface area contributed by atoms with Gasteiger partial charge in [0.05, 0.1) is 5.75 Å². The van der Waals surface area contributed by atoms with E-state index >= 15 is 0 Å². The van der Waals surface area contributed by atoms with Gasteiger partial charge in [-0.25, -0.2) is 4.79 Å². The van der Waals surface area contributed by atoms with Crippen LogP contribution < -0.4 is 16.8 Å². The number of nitrogens with one attached hydrogen (secondary N) is 1. The van der Waals surface area contributed by atoms with Crippen LogP contribution in [0.1, 0.15) is 5.56 Å². The third-order valence-corrected chi connectivity index (χ3v) is 2.80. The molecule has 1 rings (SSSR count). The topological polar surface area (TPSA) is 98.2 Å². The number of primary amides is 1. The number of carbonyl (C=O) groups is 2. The van der Waals surface area contributed by atoms with Crippen LogP contribution in [0.5, 0.6) is 0 Å². The van der Waals surface area contributed by atoms with Gasteiger partial charge in [-0.3, -0.25) is 10.1 Å². The smallest absolute Gasteiger partial charge is 0.318 e. The van der Waals surface area contributed by atoms with Gasteiger partial charge in [0.25, 0.3) is 0 Å². The maximum atomic E-state index is 11.1. The van der Waals surface area contributed by atoms with Crippen LogP contribution in [-0.2, 0) is 11.3 Å². The molecule has 0 fully saturated rings. The van der Waals surface area contributed by atoms with Crippen LogP contribution in [0, 0.1) is 0 Å². The number of rotatable bonds is 4. The molecule has 3 amide bonds. The second kappa shape index (κ2) is 6.14. The van der Waals surface area contributed by atoms with Gasteiger partial charge < -0.3 is 11.5 Å². The summed E-state index contributed by atoms with van der Waals surface area (Å²) in [6.45, 7) is 0.493. The van der Waals surface area contributed by atoms with E-state index in [-0.39, 0.29) is 5.75 Å². The average molecular weight is 239 g/mol. The molecule has 5 N–H and O–H groups in total. The van der Waals surface area contributed by atoms with Crippen LogP contribution in [0.2, 0.25) is 0 Å². The number of hydrogen-bond acceptors (Lipinski definition) is 4. The van der Waals surface area contributed by atoms with Gasteiger partial charge in [0, 0.05) is 11.4 Å². The molecule has 0 aliphatic carbocycles. The largest absolute Gasteiger partial charge is 0.351 e. The fourth-order valence-electron chi connectivity index (χ4n) is 1.04. The quantitative estimate of drug-likeness (QED) is 0.664. The fraction of sp³-hybridized carbons (Fsp3) is 0.200. The van der Waals surface area contributed by atoms with Gasteiger partial charge in [-0.05, 0) is 17.7 Å². The standard InChI is InChI=1S/C10H13N3O2S/c11-5-7-1-3-8(4-2-7)16-6-9(14)13-10(12)15/h1-4H,5-6,11H2,(H3,12,13,14,15). The van der Waals surface area contributed by atoms with E-state index in [0.29, 0.717) is 6.54 Å². The molecule has 16 heavy (non-hydrogen) atoms. The third kappa shape index (κ3) is 4.33. The number of imide groups is 1. The van der Waals surface area contributed by atoms with Crippen molar-refractivity contribution >= 4 is 23.7 Å². The molecule has 0 saturated carbocycles. The zero-order valence-electron chi connectivity index (χ0n) is 8.60. The molecule has 0 aliphatic rings. The van der Waals surface area contributed by atoms with Gasteiger partial charge in [-0.15, -0.1) is 11.8 Å². The fourth-order valence-corrected chi connectivity index (χ4v) is 1.74. The lowest BCUT2D eigenvalue weighted by Crippen LogP contribution is -2.36. The second-order valence-electron chi connectivity index (χ2n) is 3.05. The Kier molecular flexibility index (Phi) is 4.81. The Balaban J connectivity index is 2.42. The van der Waals surface area contributed by atoms with Gasteiger partial charge >= 0.3 is 6.03 Å². The summed E-state index contributed by atoms with van der Waals surface area (Å²) < 4.78 is 0. The summed E-state index contributed by atoms with van der Waals surface area (Å²) in [5.74, 6) is -0.245. The highest BCUT2D eigenvalue weighted by atomic mass is 32.2. The van der Waals surface area contributed by atoms with Crippen LogP contribution in [0.3, 0.4) is 0 Å². The van der Waals surface area contributed by atoms with Crippen molar-refractivity contribution in [1.29, 1.82) is 0 Å². The third-order valence-electron chi connectivity index (χ3n) is 1.79. The SMILES string of the molecule is NCc1ccc(SCC(=O)NC(N)=O)cc1. The molecular formula is C10H13N3O2S. The van der Waals surface area contributed by atoms with E-state index in [1.165, 1.54) is 11.8 Å². The predicted octanol–water partition coefficient (Wildman–Crippen LogP) is 0.432. The number of urea groups is 1. The van der Waals surface area contributed by atoms with E-state index in [9.17, 15) is 9.59 Å². The Bertz CT molecular complexity index is 378. The van der Waals surface area contributed by atoms with E-state index < -0.39 is 11.9 Å². The summed E-state index contributed by atoms with van der Waals surface area (Å²) in [6.07, 6.45) is 0. The van der Waals surface area contributed by atoms with Crippen LogP contribution in [0.15, 0.2) is 29.2 Å². The summed E-state index contributed by atoms with van der Waals surface area (Å²) in [5.41, 5.74) is 11.3. The first kappa shape index (κ1) is 12.5. The maximum absolute atomic E-state index is 11.1. The zero-order chi connectivity index (χ0) is 12.0. The molecule has 1 aromatic carbocycles.